The zero-order valence-corrected chi connectivity index (χ0v) is 13.1. The summed E-state index contributed by atoms with van der Waals surface area (Å²) < 4.78 is 0. The van der Waals surface area contributed by atoms with Gasteiger partial charge in [0.1, 0.15) is 0 Å². The van der Waals surface area contributed by atoms with E-state index >= 15 is 0 Å². The van der Waals surface area contributed by atoms with E-state index in [-0.39, 0.29) is 0 Å². The lowest BCUT2D eigenvalue weighted by Gasteiger charge is -2.41. The zero-order valence-electron chi connectivity index (χ0n) is 13.1. The largest absolute Gasteiger partial charge is 0.389 e. The molecule has 1 nitrogen and oxygen atoms in total. The van der Waals surface area contributed by atoms with Crippen LogP contribution in [0, 0.1) is 32.6 Å². The second-order valence-corrected chi connectivity index (χ2v) is 6.94. The van der Waals surface area contributed by atoms with Gasteiger partial charge >= 0.3 is 0 Å². The molecule has 1 fully saturated rings. The van der Waals surface area contributed by atoms with Crippen LogP contribution in [0.25, 0.3) is 0 Å². The molecule has 0 aliphatic heterocycles. The molecule has 1 heteroatoms. The number of hydrogen-bond donors (Lipinski definition) is 1. The Kier molecular flexibility index (Phi) is 4.06. The summed E-state index contributed by atoms with van der Waals surface area (Å²) in [4.78, 5) is 0. The molecule has 0 bridgehead atoms. The summed E-state index contributed by atoms with van der Waals surface area (Å²) in [5.74, 6) is 1.16. The summed E-state index contributed by atoms with van der Waals surface area (Å²) in [6, 6.07) is 4.48. The molecule has 0 saturated heterocycles. The molecule has 106 valence electrons. The molecule has 1 aromatic rings. The minimum absolute atomic E-state index is 0.399. The van der Waals surface area contributed by atoms with Crippen molar-refractivity contribution in [2.75, 3.05) is 0 Å². The van der Waals surface area contributed by atoms with Gasteiger partial charge in [-0.2, -0.15) is 0 Å². The van der Waals surface area contributed by atoms with Gasteiger partial charge in [-0.05, 0) is 68.6 Å². The average Bonchev–Trinajstić information content (AvgIpc) is 2.30. The van der Waals surface area contributed by atoms with E-state index in [1.807, 2.05) is 0 Å². The van der Waals surface area contributed by atoms with Gasteiger partial charge in [-0.3, -0.25) is 0 Å². The molecule has 1 aliphatic rings. The first kappa shape index (κ1) is 14.6. The maximum Gasteiger partial charge on any atom is 0.0713 e. The normalized spacial score (nSPS) is 31.5. The van der Waals surface area contributed by atoms with E-state index in [9.17, 15) is 5.11 Å². The molecule has 1 aromatic carbocycles. The smallest absolute Gasteiger partial charge is 0.0713 e. The fourth-order valence-corrected chi connectivity index (χ4v) is 3.74. The molecule has 1 N–H and O–H groups in total. The summed E-state index contributed by atoms with van der Waals surface area (Å²) in [5.41, 5.74) is 4.83. The van der Waals surface area contributed by atoms with Crippen LogP contribution in [-0.2, 0) is 6.42 Å². The Morgan fingerprint density at radius 3 is 2.26 bits per heavy atom. The highest BCUT2D eigenvalue weighted by Crippen LogP contribution is 2.39. The van der Waals surface area contributed by atoms with E-state index < -0.39 is 5.60 Å². The first-order chi connectivity index (χ1) is 8.82. The zero-order chi connectivity index (χ0) is 14.2. The second-order valence-electron chi connectivity index (χ2n) is 6.94. The van der Waals surface area contributed by atoms with Gasteiger partial charge in [0.25, 0.3) is 0 Å². The third-order valence-electron chi connectivity index (χ3n) is 5.07. The Bertz CT molecular complexity index is 440. The first-order valence-corrected chi connectivity index (χ1v) is 7.61. The maximum atomic E-state index is 11.0. The molecule has 0 amide bonds. The second kappa shape index (κ2) is 5.28. The molecule has 1 aliphatic carbocycles. The highest BCUT2D eigenvalue weighted by atomic mass is 16.3. The van der Waals surface area contributed by atoms with Crippen LogP contribution in [0.3, 0.4) is 0 Å². The van der Waals surface area contributed by atoms with Crippen molar-refractivity contribution >= 4 is 0 Å². The molecule has 3 atom stereocenters. The van der Waals surface area contributed by atoms with Crippen molar-refractivity contribution in [1.82, 2.24) is 0 Å². The minimum atomic E-state index is -0.503. The highest BCUT2D eigenvalue weighted by molar-refractivity contribution is 5.38. The highest BCUT2D eigenvalue weighted by Gasteiger charge is 2.38. The third-order valence-corrected chi connectivity index (χ3v) is 5.07. The standard InChI is InChI=1S/C18H28O/c1-12-6-7-18(19,16(5)10-12)11-17-14(3)8-13(2)9-15(17)4/h8-9,12,16,19H,6-7,10-11H2,1-5H3. The molecular formula is C18H28O. The molecule has 3 unspecified atom stereocenters. The van der Waals surface area contributed by atoms with E-state index in [1.165, 1.54) is 22.3 Å². The molecule has 0 radical (unpaired) electrons. The van der Waals surface area contributed by atoms with Crippen LogP contribution in [-0.4, -0.2) is 10.7 Å². The number of aryl methyl sites for hydroxylation is 3. The molecular weight excluding hydrogens is 232 g/mol. The van der Waals surface area contributed by atoms with Gasteiger partial charge in [-0.1, -0.05) is 31.5 Å². The predicted octanol–water partition coefficient (Wildman–Crippen LogP) is 4.34. The van der Waals surface area contributed by atoms with Gasteiger partial charge in [0.2, 0.25) is 0 Å². The third kappa shape index (κ3) is 3.02. The van der Waals surface area contributed by atoms with Crippen LogP contribution in [0.5, 0.6) is 0 Å². The Balaban J connectivity index is 2.25. The molecule has 0 heterocycles. The minimum Gasteiger partial charge on any atom is -0.389 e. The van der Waals surface area contributed by atoms with Crippen LogP contribution in [0.4, 0.5) is 0 Å². The summed E-state index contributed by atoms with van der Waals surface area (Å²) in [6.45, 7) is 11.0. The van der Waals surface area contributed by atoms with E-state index in [4.69, 9.17) is 0 Å². The topological polar surface area (TPSA) is 20.2 Å². The van der Waals surface area contributed by atoms with Crippen LogP contribution in [0.1, 0.15) is 55.4 Å². The van der Waals surface area contributed by atoms with Gasteiger partial charge in [-0.15, -0.1) is 0 Å². The summed E-state index contributed by atoms with van der Waals surface area (Å²) in [7, 11) is 0. The van der Waals surface area contributed by atoms with Gasteiger partial charge < -0.3 is 5.11 Å². The summed E-state index contributed by atoms with van der Waals surface area (Å²) in [5, 5.41) is 11.0. The number of rotatable bonds is 2. The van der Waals surface area contributed by atoms with E-state index in [0.29, 0.717) is 5.92 Å². The predicted molar refractivity (Wildman–Crippen MR) is 81.5 cm³/mol. The average molecular weight is 260 g/mol. The van der Waals surface area contributed by atoms with E-state index in [2.05, 4.69) is 46.8 Å². The molecule has 1 saturated carbocycles. The van der Waals surface area contributed by atoms with E-state index in [0.717, 1.165) is 31.6 Å². The molecule has 0 spiro atoms. The van der Waals surface area contributed by atoms with Crippen LogP contribution >= 0.6 is 0 Å². The molecule has 19 heavy (non-hydrogen) atoms. The number of benzene rings is 1. The summed E-state index contributed by atoms with van der Waals surface area (Å²) in [6.07, 6.45) is 4.08. The van der Waals surface area contributed by atoms with Gasteiger partial charge in [0.15, 0.2) is 0 Å². The Hall–Kier alpha value is -0.820. The van der Waals surface area contributed by atoms with Gasteiger partial charge in [0, 0.05) is 6.42 Å². The van der Waals surface area contributed by atoms with Crippen LogP contribution in [0.2, 0.25) is 0 Å². The first-order valence-electron chi connectivity index (χ1n) is 7.61. The van der Waals surface area contributed by atoms with Crippen molar-refractivity contribution in [3.05, 3.63) is 34.4 Å². The number of aliphatic hydroxyl groups is 1. The fraction of sp³-hybridized carbons (Fsp3) is 0.667. The van der Waals surface area contributed by atoms with Crippen molar-refractivity contribution in [3.63, 3.8) is 0 Å². The Morgan fingerprint density at radius 2 is 1.74 bits per heavy atom. The lowest BCUT2D eigenvalue weighted by atomic mass is 9.69. The number of hydrogen-bond acceptors (Lipinski definition) is 1. The monoisotopic (exact) mass is 260 g/mol. The van der Waals surface area contributed by atoms with Gasteiger partial charge in [-0.25, -0.2) is 0 Å². The van der Waals surface area contributed by atoms with Gasteiger partial charge in [0.05, 0.1) is 5.60 Å². The quantitative estimate of drug-likeness (QED) is 0.838. The van der Waals surface area contributed by atoms with Crippen molar-refractivity contribution in [2.45, 2.75) is 65.9 Å². The van der Waals surface area contributed by atoms with Crippen molar-refractivity contribution in [1.29, 1.82) is 0 Å². The molecule has 0 aromatic heterocycles. The van der Waals surface area contributed by atoms with Crippen LogP contribution < -0.4 is 0 Å². The lowest BCUT2D eigenvalue weighted by molar-refractivity contribution is -0.0524. The van der Waals surface area contributed by atoms with E-state index in [1.54, 1.807) is 0 Å². The summed E-state index contributed by atoms with van der Waals surface area (Å²) >= 11 is 0. The Morgan fingerprint density at radius 1 is 1.16 bits per heavy atom. The maximum absolute atomic E-state index is 11.0. The van der Waals surface area contributed by atoms with Crippen LogP contribution in [0.15, 0.2) is 12.1 Å². The Labute approximate surface area is 118 Å². The SMILES string of the molecule is Cc1cc(C)c(CC2(O)CCC(C)CC2C)c(C)c1. The van der Waals surface area contributed by atoms with Crippen molar-refractivity contribution in [2.24, 2.45) is 11.8 Å². The molecule has 2 rings (SSSR count). The lowest BCUT2D eigenvalue weighted by Crippen LogP contribution is -2.43. The fourth-order valence-electron chi connectivity index (χ4n) is 3.74. The van der Waals surface area contributed by atoms with Crippen molar-refractivity contribution in [3.8, 4) is 0 Å². The van der Waals surface area contributed by atoms with Crippen molar-refractivity contribution < 1.29 is 5.11 Å².